The van der Waals surface area contributed by atoms with Gasteiger partial charge in [-0.25, -0.2) is 0 Å². The molecule has 0 aliphatic heterocycles. The Labute approximate surface area is 114 Å². The molecule has 0 saturated heterocycles. The lowest BCUT2D eigenvalue weighted by atomic mass is 10.1. The highest BCUT2D eigenvalue weighted by Gasteiger charge is 2.17. The predicted octanol–water partition coefficient (Wildman–Crippen LogP) is 1.15. The van der Waals surface area contributed by atoms with Gasteiger partial charge in [0.2, 0.25) is 0 Å². The second-order valence-corrected chi connectivity index (χ2v) is 4.73. The van der Waals surface area contributed by atoms with Crippen molar-refractivity contribution in [3.8, 4) is 11.8 Å². The number of hydrogen-bond donors (Lipinski definition) is 2. The zero-order chi connectivity index (χ0) is 14.3. The molecule has 0 aliphatic rings. The number of carbonyl (C=O) groups excluding carboxylic acids is 1. The third-order valence-corrected chi connectivity index (χ3v) is 2.69. The number of benzene rings is 1. The van der Waals surface area contributed by atoms with Gasteiger partial charge in [-0.1, -0.05) is 17.9 Å². The van der Waals surface area contributed by atoms with E-state index >= 15 is 0 Å². The van der Waals surface area contributed by atoms with E-state index in [0.717, 1.165) is 5.56 Å². The van der Waals surface area contributed by atoms with E-state index in [2.05, 4.69) is 17.2 Å². The molecule has 0 radical (unpaired) electrons. The largest absolute Gasteiger partial charge is 0.377 e. The van der Waals surface area contributed by atoms with Crippen LogP contribution in [0.3, 0.4) is 0 Å². The standard InChI is InChI=1S/C15H20N2O2/c1-15(2,19-3)11-17-14(18)13-8-4-6-12(10-13)7-5-9-16/h4,6,8,10H,9,11,16H2,1-3H3,(H,17,18). The molecule has 0 spiro atoms. The van der Waals surface area contributed by atoms with Crippen molar-refractivity contribution in [1.82, 2.24) is 5.32 Å². The molecule has 0 atom stereocenters. The van der Waals surface area contributed by atoms with Gasteiger partial charge in [-0.15, -0.1) is 0 Å². The highest BCUT2D eigenvalue weighted by molar-refractivity contribution is 5.94. The lowest BCUT2D eigenvalue weighted by Gasteiger charge is -2.23. The molecule has 0 saturated carbocycles. The average molecular weight is 260 g/mol. The summed E-state index contributed by atoms with van der Waals surface area (Å²) in [5.74, 6) is 5.53. The molecular formula is C15H20N2O2. The molecule has 1 rings (SSSR count). The lowest BCUT2D eigenvalue weighted by molar-refractivity contribution is 0.0229. The van der Waals surface area contributed by atoms with Gasteiger partial charge < -0.3 is 15.8 Å². The van der Waals surface area contributed by atoms with Crippen molar-refractivity contribution in [3.63, 3.8) is 0 Å². The fraction of sp³-hybridized carbons (Fsp3) is 0.400. The van der Waals surface area contributed by atoms with E-state index in [1.165, 1.54) is 0 Å². The third-order valence-electron chi connectivity index (χ3n) is 2.69. The van der Waals surface area contributed by atoms with E-state index in [1.807, 2.05) is 19.9 Å². The zero-order valence-corrected chi connectivity index (χ0v) is 11.6. The number of hydrogen-bond acceptors (Lipinski definition) is 3. The fourth-order valence-electron chi connectivity index (χ4n) is 1.36. The summed E-state index contributed by atoms with van der Waals surface area (Å²) in [6, 6.07) is 7.15. The minimum atomic E-state index is -0.382. The Hall–Kier alpha value is -1.83. The van der Waals surface area contributed by atoms with Gasteiger partial charge in [-0.2, -0.15) is 0 Å². The van der Waals surface area contributed by atoms with Crippen molar-refractivity contribution in [2.24, 2.45) is 5.73 Å². The minimum Gasteiger partial charge on any atom is -0.377 e. The van der Waals surface area contributed by atoms with E-state index in [-0.39, 0.29) is 11.5 Å². The van der Waals surface area contributed by atoms with Crippen LogP contribution in [-0.4, -0.2) is 31.7 Å². The first-order valence-corrected chi connectivity index (χ1v) is 6.11. The number of rotatable bonds is 4. The van der Waals surface area contributed by atoms with E-state index in [9.17, 15) is 4.79 Å². The second-order valence-electron chi connectivity index (χ2n) is 4.73. The molecule has 0 aliphatic carbocycles. The maximum absolute atomic E-state index is 12.0. The van der Waals surface area contributed by atoms with Crippen molar-refractivity contribution >= 4 is 5.91 Å². The summed E-state index contributed by atoms with van der Waals surface area (Å²) in [4.78, 5) is 12.0. The Bertz CT molecular complexity index is 498. The summed E-state index contributed by atoms with van der Waals surface area (Å²) in [5.41, 5.74) is 6.30. The van der Waals surface area contributed by atoms with Gasteiger partial charge in [0.15, 0.2) is 0 Å². The van der Waals surface area contributed by atoms with Crippen LogP contribution in [0.1, 0.15) is 29.8 Å². The predicted molar refractivity (Wildman–Crippen MR) is 75.8 cm³/mol. The molecule has 1 amide bonds. The van der Waals surface area contributed by atoms with Crippen LogP contribution in [0.25, 0.3) is 0 Å². The molecule has 0 aromatic heterocycles. The zero-order valence-electron chi connectivity index (χ0n) is 11.6. The van der Waals surface area contributed by atoms with Gasteiger partial charge in [-0.3, -0.25) is 4.79 Å². The van der Waals surface area contributed by atoms with Crippen LogP contribution in [0.5, 0.6) is 0 Å². The molecule has 1 aromatic carbocycles. The Kier molecular flexibility index (Phi) is 5.56. The lowest BCUT2D eigenvalue weighted by Crippen LogP contribution is -2.39. The van der Waals surface area contributed by atoms with E-state index < -0.39 is 0 Å². The smallest absolute Gasteiger partial charge is 0.251 e. The molecule has 0 heterocycles. The SMILES string of the molecule is COC(C)(C)CNC(=O)c1cccc(C#CCN)c1. The van der Waals surface area contributed by atoms with Crippen molar-refractivity contribution in [2.75, 3.05) is 20.2 Å². The van der Waals surface area contributed by atoms with Crippen molar-refractivity contribution in [2.45, 2.75) is 19.4 Å². The number of ether oxygens (including phenoxy) is 1. The number of methoxy groups -OCH3 is 1. The monoisotopic (exact) mass is 260 g/mol. The van der Waals surface area contributed by atoms with Crippen molar-refractivity contribution in [1.29, 1.82) is 0 Å². The Morgan fingerprint density at radius 3 is 2.84 bits per heavy atom. The maximum atomic E-state index is 12.0. The number of nitrogens with one attached hydrogen (secondary N) is 1. The first-order chi connectivity index (χ1) is 8.98. The summed E-state index contributed by atoms with van der Waals surface area (Å²) in [5, 5.41) is 2.84. The molecule has 0 fully saturated rings. The number of amides is 1. The van der Waals surface area contributed by atoms with E-state index in [0.29, 0.717) is 18.7 Å². The summed E-state index contributed by atoms with van der Waals surface area (Å²) in [7, 11) is 1.62. The van der Waals surface area contributed by atoms with Gasteiger partial charge in [0.1, 0.15) is 0 Å². The van der Waals surface area contributed by atoms with E-state index in [1.54, 1.807) is 25.3 Å². The van der Waals surface area contributed by atoms with Crippen LogP contribution < -0.4 is 11.1 Å². The fourth-order valence-corrected chi connectivity index (χ4v) is 1.36. The van der Waals surface area contributed by atoms with Gasteiger partial charge in [0.25, 0.3) is 5.91 Å². The molecule has 19 heavy (non-hydrogen) atoms. The summed E-state index contributed by atoms with van der Waals surface area (Å²) < 4.78 is 5.25. The molecule has 4 nitrogen and oxygen atoms in total. The van der Waals surface area contributed by atoms with Gasteiger partial charge in [-0.05, 0) is 32.0 Å². The second kappa shape index (κ2) is 6.93. The van der Waals surface area contributed by atoms with Gasteiger partial charge in [0, 0.05) is 24.8 Å². The molecular weight excluding hydrogens is 240 g/mol. The number of nitrogens with two attached hydrogens (primary N) is 1. The number of carbonyl (C=O) groups is 1. The third kappa shape index (κ3) is 5.12. The van der Waals surface area contributed by atoms with Gasteiger partial charge in [0.05, 0.1) is 12.1 Å². The summed E-state index contributed by atoms with van der Waals surface area (Å²) in [6.45, 7) is 4.58. The highest BCUT2D eigenvalue weighted by Crippen LogP contribution is 2.07. The summed E-state index contributed by atoms with van der Waals surface area (Å²) in [6.07, 6.45) is 0. The maximum Gasteiger partial charge on any atom is 0.251 e. The van der Waals surface area contributed by atoms with Crippen LogP contribution in [0.2, 0.25) is 0 Å². The van der Waals surface area contributed by atoms with Crippen LogP contribution in [-0.2, 0) is 4.74 Å². The first kappa shape index (κ1) is 15.2. The molecule has 4 heteroatoms. The normalized spacial score (nSPS) is 10.5. The van der Waals surface area contributed by atoms with Crippen LogP contribution >= 0.6 is 0 Å². The Balaban J connectivity index is 2.72. The van der Waals surface area contributed by atoms with Crippen LogP contribution in [0.15, 0.2) is 24.3 Å². The Morgan fingerprint density at radius 1 is 1.47 bits per heavy atom. The average Bonchev–Trinajstić information content (AvgIpc) is 2.43. The van der Waals surface area contributed by atoms with E-state index in [4.69, 9.17) is 10.5 Å². The Morgan fingerprint density at radius 2 is 2.21 bits per heavy atom. The first-order valence-electron chi connectivity index (χ1n) is 6.11. The van der Waals surface area contributed by atoms with Crippen molar-refractivity contribution < 1.29 is 9.53 Å². The molecule has 3 N–H and O–H groups in total. The van der Waals surface area contributed by atoms with Gasteiger partial charge >= 0.3 is 0 Å². The summed E-state index contributed by atoms with van der Waals surface area (Å²) >= 11 is 0. The van der Waals surface area contributed by atoms with Crippen LogP contribution in [0, 0.1) is 11.8 Å². The topological polar surface area (TPSA) is 64.3 Å². The highest BCUT2D eigenvalue weighted by atomic mass is 16.5. The molecule has 0 bridgehead atoms. The molecule has 1 aromatic rings. The van der Waals surface area contributed by atoms with Crippen molar-refractivity contribution in [3.05, 3.63) is 35.4 Å². The van der Waals surface area contributed by atoms with Crippen LogP contribution in [0.4, 0.5) is 0 Å². The quantitative estimate of drug-likeness (QED) is 0.798. The molecule has 102 valence electrons. The minimum absolute atomic E-state index is 0.137. The molecule has 0 unspecified atom stereocenters.